The zero-order valence-corrected chi connectivity index (χ0v) is 13.3. The molecule has 0 N–H and O–H groups in total. The highest BCUT2D eigenvalue weighted by Gasteiger charge is 2.14. The molecule has 0 atom stereocenters. The maximum absolute atomic E-state index is 5.53. The zero-order valence-electron chi connectivity index (χ0n) is 13.3. The lowest BCUT2D eigenvalue weighted by atomic mass is 10.2. The van der Waals surface area contributed by atoms with Gasteiger partial charge in [0, 0.05) is 5.56 Å². The van der Waals surface area contributed by atoms with Gasteiger partial charge in [0.1, 0.15) is 12.4 Å². The fourth-order valence-electron chi connectivity index (χ4n) is 2.59. The molecule has 0 aliphatic heterocycles. The molecule has 0 saturated heterocycles. The van der Waals surface area contributed by atoms with E-state index in [-0.39, 0.29) is 6.61 Å². The van der Waals surface area contributed by atoms with Crippen molar-refractivity contribution in [3.05, 3.63) is 42.5 Å². The van der Waals surface area contributed by atoms with Crippen LogP contribution in [0, 0.1) is 24.7 Å². The van der Waals surface area contributed by atoms with Gasteiger partial charge in [0.15, 0.2) is 11.5 Å². The second-order valence-corrected chi connectivity index (χ2v) is 5.07. The summed E-state index contributed by atoms with van der Waals surface area (Å²) in [6, 6.07) is 13.5. The standard InChI is InChI=1S/C20H16N2O2/c1-4-12-22-17-9-7-6-8-16(17)21-20(22)15-10-11-18(24-13-5-2)19(14-15)23-3/h1-2,6-11,14H,12-13H2,3H3. The summed E-state index contributed by atoms with van der Waals surface area (Å²) in [5.74, 6) is 7.11. The zero-order chi connectivity index (χ0) is 16.9. The van der Waals surface area contributed by atoms with Crippen LogP contribution in [-0.4, -0.2) is 23.3 Å². The summed E-state index contributed by atoms with van der Waals surface area (Å²) < 4.78 is 12.9. The number of para-hydroxylation sites is 2. The lowest BCUT2D eigenvalue weighted by Crippen LogP contribution is -2.00. The van der Waals surface area contributed by atoms with Crippen LogP contribution in [-0.2, 0) is 6.54 Å². The highest BCUT2D eigenvalue weighted by atomic mass is 16.5. The summed E-state index contributed by atoms with van der Waals surface area (Å²) in [6.45, 7) is 0.624. The van der Waals surface area contributed by atoms with Crippen LogP contribution in [0.15, 0.2) is 42.5 Å². The lowest BCUT2D eigenvalue weighted by molar-refractivity contribution is 0.331. The average molecular weight is 316 g/mol. The third kappa shape index (κ3) is 2.78. The van der Waals surface area contributed by atoms with E-state index < -0.39 is 0 Å². The molecule has 3 aromatic rings. The van der Waals surface area contributed by atoms with E-state index in [1.165, 1.54) is 0 Å². The Bertz CT molecular complexity index is 958. The molecule has 0 fully saturated rings. The summed E-state index contributed by atoms with van der Waals surface area (Å²) in [5, 5.41) is 0. The number of aromatic nitrogens is 2. The Morgan fingerprint density at radius 3 is 2.67 bits per heavy atom. The third-order valence-electron chi connectivity index (χ3n) is 3.64. The molecule has 0 spiro atoms. The van der Waals surface area contributed by atoms with Gasteiger partial charge in [0.2, 0.25) is 0 Å². The van der Waals surface area contributed by atoms with Gasteiger partial charge in [-0.05, 0) is 30.3 Å². The highest BCUT2D eigenvalue weighted by Crippen LogP contribution is 2.33. The number of hydrogen-bond acceptors (Lipinski definition) is 3. The van der Waals surface area contributed by atoms with Gasteiger partial charge < -0.3 is 14.0 Å². The van der Waals surface area contributed by atoms with Gasteiger partial charge in [-0.25, -0.2) is 4.98 Å². The SMILES string of the molecule is C#CCOc1ccc(-c2nc3ccccc3n2CC#C)cc1OC. The van der Waals surface area contributed by atoms with Crippen LogP contribution in [0.4, 0.5) is 0 Å². The van der Waals surface area contributed by atoms with Crippen molar-refractivity contribution in [2.24, 2.45) is 0 Å². The molecule has 0 aliphatic carbocycles. The van der Waals surface area contributed by atoms with Crippen molar-refractivity contribution >= 4 is 11.0 Å². The Morgan fingerprint density at radius 1 is 1.08 bits per heavy atom. The fraction of sp³-hybridized carbons (Fsp3) is 0.150. The molecule has 2 aromatic carbocycles. The Morgan fingerprint density at radius 2 is 1.92 bits per heavy atom. The van der Waals surface area contributed by atoms with Crippen molar-refractivity contribution in [1.29, 1.82) is 0 Å². The first kappa shape index (κ1) is 15.5. The van der Waals surface area contributed by atoms with Crippen LogP contribution in [0.2, 0.25) is 0 Å². The average Bonchev–Trinajstić information content (AvgIpc) is 2.99. The van der Waals surface area contributed by atoms with Gasteiger partial charge in [0.25, 0.3) is 0 Å². The molecule has 0 unspecified atom stereocenters. The Kier molecular flexibility index (Phi) is 4.40. The maximum atomic E-state index is 5.53. The quantitative estimate of drug-likeness (QED) is 0.677. The molecule has 24 heavy (non-hydrogen) atoms. The molecule has 3 rings (SSSR count). The molecular formula is C20H16N2O2. The number of nitrogens with zero attached hydrogens (tertiary/aromatic N) is 2. The molecule has 4 nitrogen and oxygen atoms in total. The van der Waals surface area contributed by atoms with Crippen LogP contribution >= 0.6 is 0 Å². The van der Waals surface area contributed by atoms with Crippen molar-refractivity contribution in [1.82, 2.24) is 9.55 Å². The van der Waals surface area contributed by atoms with Gasteiger partial charge in [-0.2, -0.15) is 0 Å². The molecule has 0 radical (unpaired) electrons. The van der Waals surface area contributed by atoms with Gasteiger partial charge in [-0.3, -0.25) is 0 Å². The molecule has 1 aromatic heterocycles. The summed E-state index contributed by atoms with van der Waals surface area (Å²) in [6.07, 6.45) is 10.8. The minimum atomic E-state index is 0.186. The Balaban J connectivity index is 2.12. The van der Waals surface area contributed by atoms with Crippen molar-refractivity contribution < 1.29 is 9.47 Å². The molecule has 0 saturated carbocycles. The molecule has 4 heteroatoms. The van der Waals surface area contributed by atoms with Gasteiger partial charge >= 0.3 is 0 Å². The van der Waals surface area contributed by atoms with E-state index in [9.17, 15) is 0 Å². The Labute approximate surface area is 141 Å². The number of fused-ring (bicyclic) bond motifs is 1. The topological polar surface area (TPSA) is 36.3 Å². The van der Waals surface area contributed by atoms with Gasteiger partial charge in [0.05, 0.1) is 24.7 Å². The summed E-state index contributed by atoms with van der Waals surface area (Å²) in [5.41, 5.74) is 2.79. The highest BCUT2D eigenvalue weighted by molar-refractivity contribution is 5.81. The smallest absolute Gasteiger partial charge is 0.162 e. The van der Waals surface area contributed by atoms with Crippen LogP contribution in [0.5, 0.6) is 11.5 Å². The van der Waals surface area contributed by atoms with E-state index in [0.29, 0.717) is 18.0 Å². The van der Waals surface area contributed by atoms with Gasteiger partial charge in [-0.1, -0.05) is 24.0 Å². The summed E-state index contributed by atoms with van der Waals surface area (Å²) in [7, 11) is 1.59. The first-order valence-electron chi connectivity index (χ1n) is 7.42. The number of benzene rings is 2. The van der Waals surface area contributed by atoms with Crippen LogP contribution < -0.4 is 9.47 Å². The fourth-order valence-corrected chi connectivity index (χ4v) is 2.59. The second-order valence-electron chi connectivity index (χ2n) is 5.07. The first-order chi connectivity index (χ1) is 11.8. The normalized spacial score (nSPS) is 10.1. The summed E-state index contributed by atoms with van der Waals surface area (Å²) in [4.78, 5) is 4.71. The van der Waals surface area contributed by atoms with Crippen LogP contribution in [0.3, 0.4) is 0 Å². The van der Waals surface area contributed by atoms with Crippen LogP contribution in [0.1, 0.15) is 0 Å². The molecular weight excluding hydrogens is 300 g/mol. The van der Waals surface area contributed by atoms with E-state index in [2.05, 4.69) is 11.8 Å². The van der Waals surface area contributed by atoms with Crippen molar-refractivity contribution in [2.45, 2.75) is 6.54 Å². The number of methoxy groups -OCH3 is 1. The minimum Gasteiger partial charge on any atom is -0.493 e. The predicted octanol–water partition coefficient (Wildman–Crippen LogP) is 3.36. The van der Waals surface area contributed by atoms with Crippen molar-refractivity contribution in [3.8, 4) is 47.6 Å². The predicted molar refractivity (Wildman–Crippen MR) is 94.9 cm³/mol. The maximum Gasteiger partial charge on any atom is 0.162 e. The van der Waals surface area contributed by atoms with Crippen molar-refractivity contribution in [3.63, 3.8) is 0 Å². The number of terminal acetylenes is 2. The van der Waals surface area contributed by atoms with E-state index in [1.807, 2.05) is 47.0 Å². The van der Waals surface area contributed by atoms with E-state index >= 15 is 0 Å². The number of rotatable bonds is 5. The molecule has 1 heterocycles. The molecule has 118 valence electrons. The third-order valence-corrected chi connectivity index (χ3v) is 3.64. The van der Waals surface area contributed by atoms with E-state index in [0.717, 1.165) is 22.4 Å². The number of ether oxygens (including phenoxy) is 2. The van der Waals surface area contributed by atoms with Crippen molar-refractivity contribution in [2.75, 3.05) is 13.7 Å². The first-order valence-corrected chi connectivity index (χ1v) is 7.42. The largest absolute Gasteiger partial charge is 0.493 e. The Hall–Kier alpha value is -3.37. The van der Waals surface area contributed by atoms with Crippen LogP contribution in [0.25, 0.3) is 22.4 Å². The minimum absolute atomic E-state index is 0.186. The van der Waals surface area contributed by atoms with E-state index in [4.69, 9.17) is 27.3 Å². The van der Waals surface area contributed by atoms with E-state index in [1.54, 1.807) is 7.11 Å². The molecule has 0 aliphatic rings. The van der Waals surface area contributed by atoms with Gasteiger partial charge in [-0.15, -0.1) is 12.8 Å². The monoisotopic (exact) mass is 316 g/mol. The number of hydrogen-bond donors (Lipinski definition) is 0. The second kappa shape index (κ2) is 6.81. The lowest BCUT2D eigenvalue weighted by Gasteiger charge is -2.11. The molecule has 0 bridgehead atoms. The number of imidazole rings is 1. The molecule has 0 amide bonds. The summed E-state index contributed by atoms with van der Waals surface area (Å²) >= 11 is 0.